The number of carbonyl (C=O) groups excluding carboxylic acids is 1. The molecule has 0 aromatic carbocycles. The van der Waals surface area contributed by atoms with Crippen LogP contribution in [0.3, 0.4) is 0 Å². The average molecular weight is 296 g/mol. The Labute approximate surface area is 129 Å². The second-order valence-corrected chi connectivity index (χ2v) is 6.71. The maximum absolute atomic E-state index is 12.4. The van der Waals surface area contributed by atoms with Gasteiger partial charge in [0.25, 0.3) is 0 Å². The van der Waals surface area contributed by atoms with E-state index in [9.17, 15) is 4.79 Å². The van der Waals surface area contributed by atoms with Crippen LogP contribution in [-0.4, -0.2) is 49.2 Å². The molecule has 1 aliphatic carbocycles. The summed E-state index contributed by atoms with van der Waals surface area (Å²) in [4.78, 5) is 15.0. The summed E-state index contributed by atoms with van der Waals surface area (Å²) in [7, 11) is 1.91. The second-order valence-electron chi connectivity index (χ2n) is 6.71. The third-order valence-electron chi connectivity index (χ3n) is 5.51. The molecule has 0 radical (unpaired) electrons. The zero-order valence-corrected chi connectivity index (χ0v) is 14.0. The van der Waals surface area contributed by atoms with Crippen molar-refractivity contribution < 1.29 is 9.53 Å². The van der Waals surface area contributed by atoms with Gasteiger partial charge in [-0.15, -0.1) is 0 Å². The number of likely N-dealkylation sites (tertiary alicyclic amines) is 1. The van der Waals surface area contributed by atoms with Crippen LogP contribution in [0.1, 0.15) is 58.8 Å². The van der Waals surface area contributed by atoms with Gasteiger partial charge < -0.3 is 15.0 Å². The van der Waals surface area contributed by atoms with Crippen molar-refractivity contribution in [3.8, 4) is 0 Å². The first-order valence-corrected chi connectivity index (χ1v) is 8.75. The first-order valence-electron chi connectivity index (χ1n) is 8.75. The van der Waals surface area contributed by atoms with E-state index in [1.807, 2.05) is 14.0 Å². The Kier molecular flexibility index (Phi) is 6.06. The molecule has 2 rings (SSSR count). The van der Waals surface area contributed by atoms with Crippen molar-refractivity contribution in [1.82, 2.24) is 10.2 Å². The maximum Gasteiger partial charge on any atom is 0.326 e. The molecule has 0 amide bonds. The summed E-state index contributed by atoms with van der Waals surface area (Å²) in [6.07, 6.45) is 8.09. The molecule has 1 saturated carbocycles. The number of ether oxygens (including phenoxy) is 1. The van der Waals surface area contributed by atoms with E-state index in [0.717, 1.165) is 25.2 Å². The molecule has 3 unspecified atom stereocenters. The van der Waals surface area contributed by atoms with E-state index in [-0.39, 0.29) is 5.97 Å². The number of piperidine rings is 1. The van der Waals surface area contributed by atoms with Crippen LogP contribution in [-0.2, 0) is 9.53 Å². The summed E-state index contributed by atoms with van der Waals surface area (Å²) in [5.74, 6) is 0.786. The van der Waals surface area contributed by atoms with E-state index in [0.29, 0.717) is 12.6 Å². The average Bonchev–Trinajstić information content (AvgIpc) is 2.55. The van der Waals surface area contributed by atoms with Crippen LogP contribution in [0.25, 0.3) is 0 Å². The molecule has 1 N–H and O–H groups in total. The van der Waals surface area contributed by atoms with Crippen LogP contribution < -0.4 is 5.32 Å². The van der Waals surface area contributed by atoms with Crippen molar-refractivity contribution in [2.24, 2.45) is 5.92 Å². The molecule has 21 heavy (non-hydrogen) atoms. The number of hydrogen-bond donors (Lipinski definition) is 1. The molecule has 2 fully saturated rings. The zero-order chi connectivity index (χ0) is 15.3. The highest BCUT2D eigenvalue weighted by Crippen LogP contribution is 2.34. The van der Waals surface area contributed by atoms with E-state index in [1.165, 1.54) is 38.8 Å². The van der Waals surface area contributed by atoms with Gasteiger partial charge in [0.2, 0.25) is 0 Å². The number of rotatable bonds is 5. The van der Waals surface area contributed by atoms with E-state index < -0.39 is 5.54 Å². The molecule has 0 aromatic rings. The van der Waals surface area contributed by atoms with Gasteiger partial charge in [0.05, 0.1) is 6.61 Å². The Morgan fingerprint density at radius 3 is 2.81 bits per heavy atom. The van der Waals surface area contributed by atoms with Gasteiger partial charge in [-0.25, -0.2) is 0 Å². The normalized spacial score (nSPS) is 34.6. The van der Waals surface area contributed by atoms with Gasteiger partial charge in [-0.2, -0.15) is 0 Å². The van der Waals surface area contributed by atoms with Crippen LogP contribution in [0.15, 0.2) is 0 Å². The Morgan fingerprint density at radius 2 is 2.14 bits per heavy atom. The fraction of sp³-hybridized carbons (Fsp3) is 0.941. The van der Waals surface area contributed by atoms with Crippen LogP contribution in [0.4, 0.5) is 0 Å². The fourth-order valence-corrected chi connectivity index (χ4v) is 4.10. The van der Waals surface area contributed by atoms with Crippen molar-refractivity contribution in [3.63, 3.8) is 0 Å². The lowest BCUT2D eigenvalue weighted by atomic mass is 9.77. The molecule has 122 valence electrons. The molecule has 1 saturated heterocycles. The molecule has 1 heterocycles. The van der Waals surface area contributed by atoms with Crippen LogP contribution in [0.5, 0.6) is 0 Å². The highest BCUT2D eigenvalue weighted by molar-refractivity contribution is 5.81. The summed E-state index contributed by atoms with van der Waals surface area (Å²) >= 11 is 0. The molecule has 4 heteroatoms. The van der Waals surface area contributed by atoms with Crippen molar-refractivity contribution in [1.29, 1.82) is 0 Å². The third kappa shape index (κ3) is 3.78. The predicted octanol–water partition coefficient (Wildman–Crippen LogP) is 2.57. The third-order valence-corrected chi connectivity index (χ3v) is 5.51. The first-order chi connectivity index (χ1) is 10.1. The molecule has 0 aromatic heterocycles. The minimum absolute atomic E-state index is 0.0544. The van der Waals surface area contributed by atoms with Crippen molar-refractivity contribution in [3.05, 3.63) is 0 Å². The van der Waals surface area contributed by atoms with Gasteiger partial charge in [-0.3, -0.25) is 4.79 Å². The van der Waals surface area contributed by atoms with Crippen molar-refractivity contribution in [2.45, 2.75) is 70.4 Å². The van der Waals surface area contributed by atoms with E-state index in [2.05, 4.69) is 17.1 Å². The molecule has 0 spiro atoms. The number of carbonyl (C=O) groups is 1. The highest BCUT2D eigenvalue weighted by Gasteiger charge is 2.44. The van der Waals surface area contributed by atoms with Gasteiger partial charge in [-0.1, -0.05) is 13.3 Å². The molecule has 4 nitrogen and oxygen atoms in total. The van der Waals surface area contributed by atoms with Crippen LogP contribution in [0, 0.1) is 5.92 Å². The fourth-order valence-electron chi connectivity index (χ4n) is 4.10. The quantitative estimate of drug-likeness (QED) is 0.792. The maximum atomic E-state index is 12.4. The number of nitrogens with zero attached hydrogens (tertiary/aromatic N) is 1. The summed E-state index contributed by atoms with van der Waals surface area (Å²) in [5.41, 5.74) is -0.460. The Hall–Kier alpha value is -0.610. The lowest BCUT2D eigenvalue weighted by molar-refractivity contribution is -0.153. The Bertz CT molecular complexity index is 348. The Morgan fingerprint density at radius 1 is 1.33 bits per heavy atom. The lowest BCUT2D eigenvalue weighted by Crippen LogP contribution is -2.58. The van der Waals surface area contributed by atoms with Crippen LogP contribution >= 0.6 is 0 Å². The standard InChI is InChI=1S/C17H32N2O2/c1-4-14-8-7-11-19(13-14)15-9-6-10-17(12-15,18-3)16(20)21-5-2/h14-15,18H,4-13H2,1-3H3. The largest absolute Gasteiger partial charge is 0.465 e. The van der Waals surface area contributed by atoms with Gasteiger partial charge in [0.15, 0.2) is 0 Å². The number of hydrogen-bond acceptors (Lipinski definition) is 4. The Balaban J connectivity index is 2.03. The topological polar surface area (TPSA) is 41.6 Å². The van der Waals surface area contributed by atoms with E-state index >= 15 is 0 Å². The summed E-state index contributed by atoms with van der Waals surface area (Å²) in [6, 6.07) is 0.532. The predicted molar refractivity (Wildman–Crippen MR) is 85.3 cm³/mol. The second kappa shape index (κ2) is 7.59. The van der Waals surface area contributed by atoms with Crippen molar-refractivity contribution in [2.75, 3.05) is 26.7 Å². The lowest BCUT2D eigenvalue weighted by Gasteiger charge is -2.45. The minimum atomic E-state index is -0.460. The molecular weight excluding hydrogens is 264 g/mol. The minimum Gasteiger partial charge on any atom is -0.465 e. The smallest absolute Gasteiger partial charge is 0.326 e. The van der Waals surface area contributed by atoms with Gasteiger partial charge >= 0.3 is 5.97 Å². The molecule has 1 aliphatic heterocycles. The first kappa shape index (κ1) is 16.8. The van der Waals surface area contributed by atoms with E-state index in [1.54, 1.807) is 0 Å². The van der Waals surface area contributed by atoms with E-state index in [4.69, 9.17) is 4.74 Å². The SMILES string of the molecule is CCOC(=O)C1(NC)CCCC(N2CCCC(CC)C2)C1. The summed E-state index contributed by atoms with van der Waals surface area (Å²) < 4.78 is 5.33. The van der Waals surface area contributed by atoms with Gasteiger partial charge in [0.1, 0.15) is 5.54 Å². The molecule has 2 aliphatic rings. The van der Waals surface area contributed by atoms with Crippen molar-refractivity contribution >= 4 is 5.97 Å². The van der Waals surface area contributed by atoms with Gasteiger partial charge in [-0.05, 0) is 65.0 Å². The number of likely N-dealkylation sites (N-methyl/N-ethyl adjacent to an activating group) is 1. The number of esters is 1. The highest BCUT2D eigenvalue weighted by atomic mass is 16.5. The molecule has 3 atom stereocenters. The summed E-state index contributed by atoms with van der Waals surface area (Å²) in [5, 5.41) is 3.30. The summed E-state index contributed by atoms with van der Waals surface area (Å²) in [6.45, 7) is 7.06. The van der Waals surface area contributed by atoms with Gasteiger partial charge in [0, 0.05) is 12.6 Å². The zero-order valence-electron chi connectivity index (χ0n) is 14.0. The molecule has 0 bridgehead atoms. The van der Waals surface area contributed by atoms with Crippen LogP contribution in [0.2, 0.25) is 0 Å². The monoisotopic (exact) mass is 296 g/mol. The molecular formula is C17H32N2O2. The number of nitrogens with one attached hydrogen (secondary N) is 1.